The smallest absolute Gasteiger partial charge is 0.259 e. The van der Waals surface area contributed by atoms with Gasteiger partial charge < -0.3 is 15.1 Å². The number of hydrogen-bond donors (Lipinski definition) is 2. The second-order valence-corrected chi connectivity index (χ2v) is 5.20. The van der Waals surface area contributed by atoms with E-state index in [1.165, 1.54) is 24.7 Å². The molecule has 1 amide bonds. The van der Waals surface area contributed by atoms with Gasteiger partial charge in [0.1, 0.15) is 5.76 Å². The predicted octanol–water partition coefficient (Wildman–Crippen LogP) is 3.09. The van der Waals surface area contributed by atoms with Crippen LogP contribution in [0.1, 0.15) is 34.5 Å². The van der Waals surface area contributed by atoms with Crippen LogP contribution in [0.15, 0.2) is 41.0 Å². The van der Waals surface area contributed by atoms with E-state index in [0.717, 1.165) is 12.2 Å². The Balaban J connectivity index is 1.65. The highest BCUT2D eigenvalue weighted by Crippen LogP contribution is 2.20. The van der Waals surface area contributed by atoms with Crippen molar-refractivity contribution in [2.75, 3.05) is 5.32 Å². The molecular formula is C16H18N2O2. The van der Waals surface area contributed by atoms with Crippen LogP contribution in [0.3, 0.4) is 0 Å². The lowest BCUT2D eigenvalue weighted by Crippen LogP contribution is -2.16. The molecular weight excluding hydrogens is 252 g/mol. The van der Waals surface area contributed by atoms with Gasteiger partial charge in [0.15, 0.2) is 0 Å². The van der Waals surface area contributed by atoms with Crippen molar-refractivity contribution in [1.82, 2.24) is 5.32 Å². The zero-order valence-corrected chi connectivity index (χ0v) is 11.5. The lowest BCUT2D eigenvalue weighted by Gasteiger charge is -2.08. The van der Waals surface area contributed by atoms with Gasteiger partial charge in [-0.05, 0) is 43.5 Å². The minimum atomic E-state index is -0.136. The number of carbonyl (C=O) groups is 1. The normalized spacial score (nSPS) is 14.2. The fourth-order valence-corrected chi connectivity index (χ4v) is 2.13. The SMILES string of the molecule is Cc1occc1C(=O)Nc1cccc(CNC2CC2)c1. The van der Waals surface area contributed by atoms with Crippen LogP contribution in [-0.4, -0.2) is 11.9 Å². The largest absolute Gasteiger partial charge is 0.469 e. The van der Waals surface area contributed by atoms with Crippen molar-refractivity contribution in [2.45, 2.75) is 32.4 Å². The first-order chi connectivity index (χ1) is 9.72. The first kappa shape index (κ1) is 12.9. The highest BCUT2D eigenvalue weighted by Gasteiger charge is 2.20. The molecule has 1 aromatic heterocycles. The van der Waals surface area contributed by atoms with Gasteiger partial charge in [0.2, 0.25) is 0 Å². The molecule has 0 aliphatic heterocycles. The molecule has 1 fully saturated rings. The van der Waals surface area contributed by atoms with E-state index in [1.54, 1.807) is 13.0 Å². The van der Waals surface area contributed by atoms with Gasteiger partial charge in [-0.3, -0.25) is 4.79 Å². The molecule has 0 saturated heterocycles. The molecule has 1 aliphatic carbocycles. The topological polar surface area (TPSA) is 54.3 Å². The van der Waals surface area contributed by atoms with Crippen molar-refractivity contribution in [3.05, 3.63) is 53.5 Å². The van der Waals surface area contributed by atoms with Gasteiger partial charge in [0, 0.05) is 18.3 Å². The standard InChI is InChI=1S/C16H18N2O2/c1-11-15(7-8-20-11)16(19)18-14-4-2-3-12(9-14)10-17-13-5-6-13/h2-4,7-9,13,17H,5-6,10H2,1H3,(H,18,19). The number of aryl methyl sites for hydroxylation is 1. The lowest BCUT2D eigenvalue weighted by molar-refractivity contribution is 0.102. The zero-order chi connectivity index (χ0) is 13.9. The van der Waals surface area contributed by atoms with Crippen LogP contribution in [-0.2, 0) is 6.54 Å². The molecule has 1 aliphatic rings. The molecule has 0 bridgehead atoms. The summed E-state index contributed by atoms with van der Waals surface area (Å²) in [5, 5.41) is 6.36. The predicted molar refractivity (Wildman–Crippen MR) is 77.7 cm³/mol. The van der Waals surface area contributed by atoms with E-state index in [-0.39, 0.29) is 5.91 Å². The van der Waals surface area contributed by atoms with Gasteiger partial charge >= 0.3 is 0 Å². The molecule has 4 nitrogen and oxygen atoms in total. The number of nitrogens with one attached hydrogen (secondary N) is 2. The van der Waals surface area contributed by atoms with Crippen LogP contribution in [0.5, 0.6) is 0 Å². The Kier molecular flexibility index (Phi) is 3.56. The molecule has 0 radical (unpaired) electrons. The molecule has 2 N–H and O–H groups in total. The molecule has 0 atom stereocenters. The highest BCUT2D eigenvalue weighted by molar-refractivity contribution is 6.04. The van der Waals surface area contributed by atoms with Crippen LogP contribution >= 0.6 is 0 Å². The van der Waals surface area contributed by atoms with Gasteiger partial charge in [-0.1, -0.05) is 12.1 Å². The monoisotopic (exact) mass is 270 g/mol. The van der Waals surface area contributed by atoms with Crippen molar-refractivity contribution < 1.29 is 9.21 Å². The first-order valence-electron chi connectivity index (χ1n) is 6.90. The number of furan rings is 1. The number of amides is 1. The van der Waals surface area contributed by atoms with Crippen molar-refractivity contribution >= 4 is 11.6 Å². The molecule has 1 saturated carbocycles. The summed E-state index contributed by atoms with van der Waals surface area (Å²) in [5.74, 6) is 0.498. The Labute approximate surface area is 118 Å². The van der Waals surface area contributed by atoms with Crippen molar-refractivity contribution in [2.24, 2.45) is 0 Å². The molecule has 20 heavy (non-hydrogen) atoms. The summed E-state index contributed by atoms with van der Waals surface area (Å²) in [6.07, 6.45) is 4.08. The Morgan fingerprint density at radius 3 is 2.90 bits per heavy atom. The van der Waals surface area contributed by atoms with Gasteiger partial charge in [-0.15, -0.1) is 0 Å². The number of hydrogen-bond acceptors (Lipinski definition) is 3. The van der Waals surface area contributed by atoms with Crippen molar-refractivity contribution in [1.29, 1.82) is 0 Å². The summed E-state index contributed by atoms with van der Waals surface area (Å²) in [4.78, 5) is 12.1. The van der Waals surface area contributed by atoms with Crippen LogP contribution in [0, 0.1) is 6.92 Å². The van der Waals surface area contributed by atoms with E-state index < -0.39 is 0 Å². The van der Waals surface area contributed by atoms with E-state index in [2.05, 4.69) is 16.7 Å². The van der Waals surface area contributed by atoms with Crippen LogP contribution < -0.4 is 10.6 Å². The Morgan fingerprint density at radius 2 is 2.20 bits per heavy atom. The highest BCUT2D eigenvalue weighted by atomic mass is 16.3. The van der Waals surface area contributed by atoms with E-state index in [1.807, 2.05) is 18.2 Å². The van der Waals surface area contributed by atoms with Gasteiger partial charge in [-0.25, -0.2) is 0 Å². The molecule has 1 heterocycles. The molecule has 1 aromatic carbocycles. The van der Waals surface area contributed by atoms with E-state index >= 15 is 0 Å². The number of carbonyl (C=O) groups excluding carboxylic acids is 1. The average Bonchev–Trinajstić information content (AvgIpc) is 3.17. The fraction of sp³-hybridized carbons (Fsp3) is 0.312. The molecule has 104 valence electrons. The van der Waals surface area contributed by atoms with Crippen LogP contribution in [0.25, 0.3) is 0 Å². The molecule has 3 rings (SSSR count). The maximum absolute atomic E-state index is 12.1. The Hall–Kier alpha value is -2.07. The molecule has 0 unspecified atom stereocenters. The summed E-state index contributed by atoms with van der Waals surface area (Å²) < 4.78 is 5.15. The Morgan fingerprint density at radius 1 is 1.35 bits per heavy atom. The fourth-order valence-electron chi connectivity index (χ4n) is 2.13. The quantitative estimate of drug-likeness (QED) is 0.877. The summed E-state index contributed by atoms with van der Waals surface area (Å²) >= 11 is 0. The van der Waals surface area contributed by atoms with Crippen LogP contribution in [0.2, 0.25) is 0 Å². The molecule has 0 spiro atoms. The summed E-state index contributed by atoms with van der Waals surface area (Å²) in [5.41, 5.74) is 2.57. The summed E-state index contributed by atoms with van der Waals surface area (Å²) in [7, 11) is 0. The van der Waals surface area contributed by atoms with Crippen LogP contribution in [0.4, 0.5) is 5.69 Å². The lowest BCUT2D eigenvalue weighted by atomic mass is 10.2. The van der Waals surface area contributed by atoms with E-state index in [4.69, 9.17) is 4.42 Å². The second kappa shape index (κ2) is 5.51. The average molecular weight is 270 g/mol. The third kappa shape index (κ3) is 3.08. The maximum atomic E-state index is 12.1. The first-order valence-corrected chi connectivity index (χ1v) is 6.90. The minimum absolute atomic E-state index is 0.136. The van der Waals surface area contributed by atoms with Crippen molar-refractivity contribution in [3.63, 3.8) is 0 Å². The summed E-state index contributed by atoms with van der Waals surface area (Å²) in [6, 6.07) is 10.3. The third-order valence-electron chi connectivity index (χ3n) is 3.46. The molecule has 2 aromatic rings. The Bertz CT molecular complexity index is 614. The number of rotatable bonds is 5. The van der Waals surface area contributed by atoms with E-state index in [9.17, 15) is 4.79 Å². The van der Waals surface area contributed by atoms with Crippen molar-refractivity contribution in [3.8, 4) is 0 Å². The number of benzene rings is 1. The van der Waals surface area contributed by atoms with E-state index in [0.29, 0.717) is 17.4 Å². The molecule has 4 heteroatoms. The zero-order valence-electron chi connectivity index (χ0n) is 11.5. The number of anilines is 1. The van der Waals surface area contributed by atoms with Gasteiger partial charge in [0.05, 0.1) is 11.8 Å². The van der Waals surface area contributed by atoms with Gasteiger partial charge in [0.25, 0.3) is 5.91 Å². The summed E-state index contributed by atoms with van der Waals surface area (Å²) in [6.45, 7) is 2.63. The van der Waals surface area contributed by atoms with Gasteiger partial charge in [-0.2, -0.15) is 0 Å². The third-order valence-corrected chi connectivity index (χ3v) is 3.46. The second-order valence-electron chi connectivity index (χ2n) is 5.20. The minimum Gasteiger partial charge on any atom is -0.469 e. The maximum Gasteiger partial charge on any atom is 0.259 e.